The third kappa shape index (κ3) is 8.38. The molecule has 47 heavy (non-hydrogen) atoms. The zero-order chi connectivity index (χ0) is 33.4. The summed E-state index contributed by atoms with van der Waals surface area (Å²) >= 11 is 0. The SMILES string of the molecule is C#CC(c1cccc(CN(C)CCN(C)C)c1)(c1cccc(CN(C)CCN(C)C)c1)c1cccc(-c2ccc3ccccc3c2)c1. The summed E-state index contributed by atoms with van der Waals surface area (Å²) in [5.41, 5.74) is 7.42. The van der Waals surface area contributed by atoms with Crippen molar-refractivity contribution in [2.75, 3.05) is 68.5 Å². The Morgan fingerprint density at radius 3 is 1.51 bits per heavy atom. The van der Waals surface area contributed by atoms with Crippen molar-refractivity contribution in [2.24, 2.45) is 0 Å². The number of likely N-dealkylation sites (N-methyl/N-ethyl adjacent to an activating group) is 4. The molecule has 0 spiro atoms. The average molecular weight is 623 g/mol. The summed E-state index contributed by atoms with van der Waals surface area (Å²) < 4.78 is 0. The molecule has 0 amide bonds. The highest BCUT2D eigenvalue weighted by Gasteiger charge is 2.35. The Bertz CT molecular complexity index is 1750. The van der Waals surface area contributed by atoms with Gasteiger partial charge in [-0.15, -0.1) is 6.42 Å². The van der Waals surface area contributed by atoms with Crippen molar-refractivity contribution in [3.63, 3.8) is 0 Å². The van der Waals surface area contributed by atoms with Crippen molar-refractivity contribution in [1.29, 1.82) is 0 Å². The van der Waals surface area contributed by atoms with Gasteiger partial charge < -0.3 is 19.6 Å². The van der Waals surface area contributed by atoms with Gasteiger partial charge in [-0.1, -0.05) is 109 Å². The molecule has 0 bridgehead atoms. The first-order valence-corrected chi connectivity index (χ1v) is 16.6. The molecule has 0 atom stereocenters. The standard InChI is InChI=1S/C43H50N4/c1-8-43(40-19-11-14-34(28-40)32-46(6)26-24-44(2)3,41-20-12-15-35(29-41)33-47(7)27-25-45(4)5)42-21-13-18-38(31-42)39-23-22-36-16-9-10-17-37(36)30-39/h1,9-23,28-31H,24-27,32-33H2,2-7H3. The monoisotopic (exact) mass is 622 g/mol. The molecule has 0 fully saturated rings. The Kier molecular flexibility index (Phi) is 11.3. The number of terminal acetylenes is 1. The van der Waals surface area contributed by atoms with Crippen LogP contribution in [-0.4, -0.2) is 88.1 Å². The minimum absolute atomic E-state index is 0.775. The number of nitrogens with zero attached hydrogens (tertiary/aromatic N) is 4. The van der Waals surface area contributed by atoms with Gasteiger partial charge in [0.15, 0.2) is 0 Å². The number of hydrogen-bond donors (Lipinski definition) is 0. The fraction of sp³-hybridized carbons (Fsp3) is 0.302. The molecule has 0 aliphatic rings. The molecule has 5 aromatic rings. The van der Waals surface area contributed by atoms with E-state index in [1.54, 1.807) is 0 Å². The summed E-state index contributed by atoms with van der Waals surface area (Å²) in [7, 11) is 12.9. The molecule has 0 heterocycles. The van der Waals surface area contributed by atoms with Crippen LogP contribution in [0.3, 0.4) is 0 Å². The van der Waals surface area contributed by atoms with Gasteiger partial charge in [0.25, 0.3) is 0 Å². The predicted octanol–water partition coefficient (Wildman–Crippen LogP) is 7.46. The van der Waals surface area contributed by atoms with E-state index in [9.17, 15) is 0 Å². The van der Waals surface area contributed by atoms with Crippen LogP contribution in [-0.2, 0) is 18.5 Å². The molecule has 0 aromatic heterocycles. The highest BCUT2D eigenvalue weighted by atomic mass is 15.2. The van der Waals surface area contributed by atoms with Gasteiger partial charge >= 0.3 is 0 Å². The van der Waals surface area contributed by atoms with Gasteiger partial charge in [-0.25, -0.2) is 0 Å². The Balaban J connectivity index is 1.61. The average Bonchev–Trinajstić information content (AvgIpc) is 3.07. The molecule has 0 aliphatic carbocycles. The van der Waals surface area contributed by atoms with E-state index < -0.39 is 5.41 Å². The van der Waals surface area contributed by atoms with E-state index in [2.05, 4.69) is 183 Å². The van der Waals surface area contributed by atoms with Crippen molar-refractivity contribution in [1.82, 2.24) is 19.6 Å². The maximum absolute atomic E-state index is 6.75. The molecular formula is C43H50N4. The normalized spacial score (nSPS) is 12.0. The Morgan fingerprint density at radius 1 is 0.489 bits per heavy atom. The second kappa shape index (κ2) is 15.6. The van der Waals surface area contributed by atoms with E-state index in [4.69, 9.17) is 6.42 Å². The maximum atomic E-state index is 6.75. The zero-order valence-electron chi connectivity index (χ0n) is 29.1. The molecule has 0 aliphatic heterocycles. The summed E-state index contributed by atoms with van der Waals surface area (Å²) in [4.78, 5) is 9.20. The molecule has 0 N–H and O–H groups in total. The van der Waals surface area contributed by atoms with Gasteiger partial charge in [-0.3, -0.25) is 0 Å². The van der Waals surface area contributed by atoms with E-state index >= 15 is 0 Å². The number of hydrogen-bond acceptors (Lipinski definition) is 4. The summed E-state index contributed by atoms with van der Waals surface area (Å²) in [6, 6.07) is 41.9. The number of benzene rings is 5. The van der Waals surface area contributed by atoms with E-state index in [1.165, 1.54) is 27.5 Å². The molecular weight excluding hydrogens is 573 g/mol. The van der Waals surface area contributed by atoms with Crippen molar-refractivity contribution in [3.8, 4) is 23.5 Å². The van der Waals surface area contributed by atoms with Gasteiger partial charge in [0.05, 0.1) is 0 Å². The van der Waals surface area contributed by atoms with E-state index in [1.807, 2.05) is 0 Å². The first-order valence-electron chi connectivity index (χ1n) is 16.6. The van der Waals surface area contributed by atoms with Crippen LogP contribution < -0.4 is 0 Å². The molecule has 4 nitrogen and oxygen atoms in total. The van der Waals surface area contributed by atoms with Crippen molar-refractivity contribution >= 4 is 10.8 Å². The van der Waals surface area contributed by atoms with Crippen LogP contribution in [0.4, 0.5) is 0 Å². The minimum atomic E-state index is -0.775. The lowest BCUT2D eigenvalue weighted by Crippen LogP contribution is -2.30. The predicted molar refractivity (Wildman–Crippen MR) is 201 cm³/mol. The molecule has 4 heteroatoms. The molecule has 5 aromatic carbocycles. The lowest BCUT2D eigenvalue weighted by molar-refractivity contribution is 0.276. The van der Waals surface area contributed by atoms with Crippen LogP contribution in [0.15, 0.2) is 115 Å². The Morgan fingerprint density at radius 2 is 0.979 bits per heavy atom. The van der Waals surface area contributed by atoms with Crippen LogP contribution in [0.2, 0.25) is 0 Å². The van der Waals surface area contributed by atoms with Crippen molar-refractivity contribution < 1.29 is 0 Å². The summed E-state index contributed by atoms with van der Waals surface area (Å²) in [5.74, 6) is 3.37. The molecule has 0 saturated heterocycles. The second-order valence-corrected chi connectivity index (χ2v) is 13.5. The third-order valence-corrected chi connectivity index (χ3v) is 9.08. The summed E-state index contributed by atoms with van der Waals surface area (Å²) in [5, 5.41) is 2.47. The Hall–Kier alpha value is -4.24. The van der Waals surface area contributed by atoms with E-state index in [0.29, 0.717) is 0 Å². The van der Waals surface area contributed by atoms with Gasteiger partial charge in [-0.2, -0.15) is 0 Å². The van der Waals surface area contributed by atoms with Gasteiger partial charge in [-0.05, 0) is 104 Å². The lowest BCUT2D eigenvalue weighted by atomic mass is 9.69. The number of fused-ring (bicyclic) bond motifs is 1. The van der Waals surface area contributed by atoms with E-state index in [0.717, 1.165) is 61.5 Å². The highest BCUT2D eigenvalue weighted by Crippen LogP contribution is 2.41. The second-order valence-electron chi connectivity index (χ2n) is 13.5. The molecule has 0 radical (unpaired) electrons. The van der Waals surface area contributed by atoms with Crippen LogP contribution in [0.5, 0.6) is 0 Å². The van der Waals surface area contributed by atoms with Crippen molar-refractivity contribution in [2.45, 2.75) is 18.5 Å². The van der Waals surface area contributed by atoms with Crippen molar-refractivity contribution in [3.05, 3.63) is 143 Å². The molecule has 242 valence electrons. The quantitative estimate of drug-likeness (QED) is 0.0942. The zero-order valence-corrected chi connectivity index (χ0v) is 29.1. The molecule has 0 unspecified atom stereocenters. The fourth-order valence-electron chi connectivity index (χ4n) is 6.38. The Labute approximate surface area is 283 Å². The van der Waals surface area contributed by atoms with Crippen LogP contribution in [0.1, 0.15) is 27.8 Å². The highest BCUT2D eigenvalue weighted by molar-refractivity contribution is 5.87. The van der Waals surface area contributed by atoms with Crippen LogP contribution >= 0.6 is 0 Å². The lowest BCUT2D eigenvalue weighted by Gasteiger charge is -2.32. The molecule has 5 rings (SSSR count). The topological polar surface area (TPSA) is 13.0 Å². The first kappa shape index (κ1) is 34.1. The summed E-state index contributed by atoms with van der Waals surface area (Å²) in [6.07, 6.45) is 6.75. The van der Waals surface area contributed by atoms with E-state index in [-0.39, 0.29) is 0 Å². The first-order chi connectivity index (χ1) is 22.7. The fourth-order valence-corrected chi connectivity index (χ4v) is 6.38. The molecule has 0 saturated carbocycles. The van der Waals surface area contributed by atoms with Gasteiger partial charge in [0.1, 0.15) is 5.41 Å². The van der Waals surface area contributed by atoms with Gasteiger partial charge in [0, 0.05) is 39.3 Å². The van der Waals surface area contributed by atoms with Gasteiger partial charge in [0.2, 0.25) is 0 Å². The summed E-state index contributed by atoms with van der Waals surface area (Å²) in [6.45, 7) is 5.74. The largest absolute Gasteiger partial charge is 0.308 e. The maximum Gasteiger partial charge on any atom is 0.106 e. The number of rotatable bonds is 14. The third-order valence-electron chi connectivity index (χ3n) is 9.08. The van der Waals surface area contributed by atoms with Crippen LogP contribution in [0, 0.1) is 12.3 Å². The smallest absolute Gasteiger partial charge is 0.106 e. The van der Waals surface area contributed by atoms with Crippen LogP contribution in [0.25, 0.3) is 21.9 Å². The minimum Gasteiger partial charge on any atom is -0.308 e.